The second kappa shape index (κ2) is 8.36. The predicted molar refractivity (Wildman–Crippen MR) is 106 cm³/mol. The minimum absolute atomic E-state index is 0.247. The third kappa shape index (κ3) is 3.88. The van der Waals surface area contributed by atoms with Gasteiger partial charge in [0.15, 0.2) is 0 Å². The van der Waals surface area contributed by atoms with Crippen molar-refractivity contribution in [3.8, 4) is 17.3 Å². The molecule has 0 bridgehead atoms. The van der Waals surface area contributed by atoms with E-state index in [9.17, 15) is 9.18 Å². The number of piperidine rings is 1. The maximum atomic E-state index is 13.8. The van der Waals surface area contributed by atoms with Crippen molar-refractivity contribution < 1.29 is 18.7 Å². The lowest BCUT2D eigenvalue weighted by molar-refractivity contribution is 0.0521. The van der Waals surface area contributed by atoms with Crippen LogP contribution in [0.3, 0.4) is 0 Å². The molecule has 0 spiro atoms. The van der Waals surface area contributed by atoms with Gasteiger partial charge in [0, 0.05) is 18.8 Å². The fraction of sp³-hybridized carbons (Fsp3) is 0.300. The lowest BCUT2D eigenvalue weighted by Crippen LogP contribution is -2.44. The Labute approximate surface area is 172 Å². The summed E-state index contributed by atoms with van der Waals surface area (Å²) >= 11 is 0. The highest BCUT2D eigenvalue weighted by atomic mass is 19.1. The van der Waals surface area contributed by atoms with Crippen molar-refractivity contribution >= 4 is 11.6 Å². The highest BCUT2D eigenvalue weighted by molar-refractivity contribution is 5.97. The molecule has 1 unspecified atom stereocenters. The molecule has 1 aromatic carbocycles. The summed E-state index contributed by atoms with van der Waals surface area (Å²) in [4.78, 5) is 20.3. The van der Waals surface area contributed by atoms with E-state index in [1.165, 1.54) is 42.5 Å². The summed E-state index contributed by atoms with van der Waals surface area (Å²) < 4.78 is 25.1. The quantitative estimate of drug-likeness (QED) is 0.683. The summed E-state index contributed by atoms with van der Waals surface area (Å²) in [6, 6.07) is 5.57. The third-order valence-electron chi connectivity index (χ3n) is 4.87. The fourth-order valence-corrected chi connectivity index (χ4v) is 3.47. The molecule has 10 heteroatoms. The first-order chi connectivity index (χ1) is 14.6. The normalized spacial score (nSPS) is 16.3. The lowest BCUT2D eigenvalue weighted by atomic mass is 10.1. The molecule has 9 nitrogen and oxygen atoms in total. The summed E-state index contributed by atoms with van der Waals surface area (Å²) in [7, 11) is 1.50. The molecule has 3 aromatic rings. The molecular formula is C20H21FN6O3. The first-order valence-electron chi connectivity index (χ1n) is 9.47. The average Bonchev–Trinajstić information content (AvgIpc) is 3.28. The number of carbonyl (C=O) groups is 1. The number of amides is 1. The van der Waals surface area contributed by atoms with Crippen LogP contribution in [0.15, 0.2) is 42.9 Å². The molecule has 1 amide bonds. The predicted octanol–water partition coefficient (Wildman–Crippen LogP) is 2.08. The minimum atomic E-state index is -0.474. The minimum Gasteiger partial charge on any atom is -0.490 e. The average molecular weight is 412 g/mol. The molecule has 1 aliphatic heterocycles. The van der Waals surface area contributed by atoms with Gasteiger partial charge >= 0.3 is 0 Å². The number of hydrogen-bond donors (Lipinski definition) is 1. The number of pyridine rings is 1. The molecule has 1 aliphatic rings. The highest BCUT2D eigenvalue weighted by Crippen LogP contribution is 2.32. The number of nitrogens with zero attached hydrogens (tertiary/aromatic N) is 5. The van der Waals surface area contributed by atoms with Crippen LogP contribution in [0, 0.1) is 5.82 Å². The van der Waals surface area contributed by atoms with Crippen LogP contribution in [0.1, 0.15) is 23.2 Å². The van der Waals surface area contributed by atoms with Gasteiger partial charge in [-0.15, -0.1) is 0 Å². The van der Waals surface area contributed by atoms with Crippen molar-refractivity contribution in [3.05, 3.63) is 54.2 Å². The molecule has 30 heavy (non-hydrogen) atoms. The Morgan fingerprint density at radius 3 is 2.80 bits per heavy atom. The van der Waals surface area contributed by atoms with Gasteiger partial charge < -0.3 is 20.1 Å². The summed E-state index contributed by atoms with van der Waals surface area (Å²) in [6.07, 6.45) is 5.70. The van der Waals surface area contributed by atoms with E-state index in [0.717, 1.165) is 12.8 Å². The van der Waals surface area contributed by atoms with Gasteiger partial charge in [0.1, 0.15) is 17.6 Å². The van der Waals surface area contributed by atoms with Gasteiger partial charge in [-0.2, -0.15) is 15.0 Å². The summed E-state index contributed by atoms with van der Waals surface area (Å²) in [5.41, 5.74) is 6.93. The molecule has 1 atom stereocenters. The van der Waals surface area contributed by atoms with Crippen molar-refractivity contribution in [2.24, 2.45) is 0 Å². The number of rotatable bonds is 5. The maximum absolute atomic E-state index is 13.8. The van der Waals surface area contributed by atoms with Crippen LogP contribution < -0.4 is 15.2 Å². The SMILES string of the molecule is COc1c(N)ccnc1OC1CCCN(C(=O)c2ccc(F)cc2-n2nccn2)C1. The van der Waals surface area contributed by atoms with Crippen molar-refractivity contribution in [1.29, 1.82) is 0 Å². The molecule has 0 saturated carbocycles. The molecule has 3 heterocycles. The number of hydrogen-bond acceptors (Lipinski definition) is 7. The Hall–Kier alpha value is -3.69. The maximum Gasteiger partial charge on any atom is 0.259 e. The van der Waals surface area contributed by atoms with Crippen LogP contribution in [-0.4, -0.2) is 57.1 Å². The first kappa shape index (κ1) is 19.6. The smallest absolute Gasteiger partial charge is 0.259 e. The zero-order valence-electron chi connectivity index (χ0n) is 16.4. The Balaban J connectivity index is 1.55. The topological polar surface area (TPSA) is 108 Å². The van der Waals surface area contributed by atoms with E-state index in [1.54, 1.807) is 17.2 Å². The van der Waals surface area contributed by atoms with Crippen LogP contribution in [0.2, 0.25) is 0 Å². The van der Waals surface area contributed by atoms with Gasteiger partial charge in [-0.05, 0) is 31.0 Å². The molecule has 2 N–H and O–H groups in total. The molecular weight excluding hydrogens is 391 g/mol. The number of carbonyl (C=O) groups excluding carboxylic acids is 1. The van der Waals surface area contributed by atoms with E-state index in [-0.39, 0.29) is 17.7 Å². The molecule has 2 aromatic heterocycles. The molecule has 4 rings (SSSR count). The van der Waals surface area contributed by atoms with Crippen LogP contribution >= 0.6 is 0 Å². The van der Waals surface area contributed by atoms with E-state index in [1.807, 2.05) is 0 Å². The second-order valence-electron chi connectivity index (χ2n) is 6.85. The number of anilines is 1. The summed E-state index contributed by atoms with van der Waals surface area (Å²) in [5, 5.41) is 8.05. The molecule has 1 fully saturated rings. The van der Waals surface area contributed by atoms with E-state index < -0.39 is 5.82 Å². The summed E-state index contributed by atoms with van der Waals surface area (Å²) in [5.74, 6) is -0.0619. The van der Waals surface area contributed by atoms with Gasteiger partial charge in [-0.1, -0.05) is 0 Å². The number of nitrogen functional groups attached to an aromatic ring is 1. The summed E-state index contributed by atoms with van der Waals surface area (Å²) in [6.45, 7) is 0.908. The van der Waals surface area contributed by atoms with Crippen molar-refractivity contribution in [1.82, 2.24) is 24.9 Å². The number of aromatic nitrogens is 4. The second-order valence-corrected chi connectivity index (χ2v) is 6.85. The van der Waals surface area contributed by atoms with Gasteiger partial charge in [0.2, 0.25) is 5.75 Å². The molecule has 0 radical (unpaired) electrons. The van der Waals surface area contributed by atoms with Crippen LogP contribution in [0.25, 0.3) is 5.69 Å². The van der Waals surface area contributed by atoms with Crippen molar-refractivity contribution in [3.63, 3.8) is 0 Å². The van der Waals surface area contributed by atoms with E-state index in [2.05, 4.69) is 15.2 Å². The molecule has 1 saturated heterocycles. The van der Waals surface area contributed by atoms with Gasteiger partial charge in [-0.25, -0.2) is 9.37 Å². The Bertz CT molecular complexity index is 1040. The third-order valence-corrected chi connectivity index (χ3v) is 4.87. The van der Waals surface area contributed by atoms with E-state index in [4.69, 9.17) is 15.2 Å². The van der Waals surface area contributed by atoms with Gasteiger partial charge in [-0.3, -0.25) is 4.79 Å². The zero-order valence-corrected chi connectivity index (χ0v) is 16.4. The number of benzene rings is 1. The Morgan fingerprint density at radius 1 is 1.23 bits per heavy atom. The fourth-order valence-electron chi connectivity index (χ4n) is 3.47. The van der Waals surface area contributed by atoms with E-state index >= 15 is 0 Å². The number of halogens is 1. The number of likely N-dealkylation sites (tertiary alicyclic amines) is 1. The van der Waals surface area contributed by atoms with Crippen LogP contribution in [-0.2, 0) is 0 Å². The number of ether oxygens (including phenoxy) is 2. The Morgan fingerprint density at radius 2 is 2.03 bits per heavy atom. The van der Waals surface area contributed by atoms with Gasteiger partial charge in [0.25, 0.3) is 11.8 Å². The standard InChI is InChI=1S/C20H21FN6O3/c1-29-18-16(22)6-7-23-19(18)30-14-3-2-10-26(12-14)20(28)15-5-4-13(21)11-17(15)27-24-8-9-25-27/h4-9,11,14H,2-3,10,12H2,1H3,(H2,22,23). The zero-order chi connectivity index (χ0) is 21.1. The van der Waals surface area contributed by atoms with Crippen LogP contribution in [0.5, 0.6) is 11.6 Å². The number of nitrogens with two attached hydrogens (primary N) is 1. The number of methoxy groups -OCH3 is 1. The molecule has 156 valence electrons. The van der Waals surface area contributed by atoms with Crippen LogP contribution in [0.4, 0.5) is 10.1 Å². The monoisotopic (exact) mass is 412 g/mol. The molecule has 0 aliphatic carbocycles. The highest BCUT2D eigenvalue weighted by Gasteiger charge is 2.29. The lowest BCUT2D eigenvalue weighted by Gasteiger charge is -2.33. The van der Waals surface area contributed by atoms with Crippen molar-refractivity contribution in [2.75, 3.05) is 25.9 Å². The van der Waals surface area contributed by atoms with E-state index in [0.29, 0.717) is 36.0 Å². The Kier molecular flexibility index (Phi) is 5.46. The van der Waals surface area contributed by atoms with Gasteiger partial charge in [0.05, 0.1) is 37.3 Å². The largest absolute Gasteiger partial charge is 0.490 e. The van der Waals surface area contributed by atoms with Crippen molar-refractivity contribution in [2.45, 2.75) is 18.9 Å². The first-order valence-corrected chi connectivity index (χ1v) is 9.47.